The summed E-state index contributed by atoms with van der Waals surface area (Å²) in [5, 5.41) is 0. The fourth-order valence-electron chi connectivity index (χ4n) is 6.98. The molecule has 1 atom stereocenters. The lowest BCUT2D eigenvalue weighted by Crippen LogP contribution is -2.30. The van der Waals surface area contributed by atoms with Gasteiger partial charge in [-0.15, -0.1) is 0 Å². The molecule has 314 valence electrons. The number of esters is 3. The fourth-order valence-corrected chi connectivity index (χ4v) is 6.98. The van der Waals surface area contributed by atoms with Crippen LogP contribution >= 0.6 is 0 Å². The van der Waals surface area contributed by atoms with Crippen molar-refractivity contribution >= 4 is 17.9 Å². The number of carbonyl (C=O) groups is 3. The Morgan fingerprint density at radius 3 is 0.925 bits per heavy atom. The molecule has 0 spiro atoms. The molecule has 0 aliphatic carbocycles. The van der Waals surface area contributed by atoms with Crippen LogP contribution in [0.2, 0.25) is 0 Å². The van der Waals surface area contributed by atoms with E-state index in [0.29, 0.717) is 19.3 Å². The number of unbranched alkanes of at least 4 members (excludes halogenated alkanes) is 29. The highest BCUT2D eigenvalue weighted by Crippen LogP contribution is 2.17. The van der Waals surface area contributed by atoms with E-state index in [0.717, 1.165) is 70.1 Å². The number of ether oxygens (including phenoxy) is 3. The van der Waals surface area contributed by atoms with E-state index >= 15 is 0 Å². The summed E-state index contributed by atoms with van der Waals surface area (Å²) in [6.45, 7) is 8.92. The molecule has 0 aliphatic heterocycles. The second kappa shape index (κ2) is 41.6. The van der Waals surface area contributed by atoms with Crippen molar-refractivity contribution in [3.05, 3.63) is 0 Å². The van der Waals surface area contributed by atoms with Crippen molar-refractivity contribution in [2.45, 2.75) is 265 Å². The standard InChI is InChI=1S/C47H90O6/c1-5-7-9-11-12-23-28-32-36-40-47(50)53-44(41-51-45(48)38-34-29-10-8-6-2)42-52-46(49)39-35-31-27-25-22-20-18-16-14-13-15-17-19-21-24-26-30-33-37-43(3)4/h43-44H,5-42H2,1-4H3/t44-/m0/s1. The Bertz CT molecular complexity index is 796. The fraction of sp³-hybridized carbons (Fsp3) is 0.936. The molecular weight excluding hydrogens is 661 g/mol. The largest absolute Gasteiger partial charge is 0.462 e. The Balaban J connectivity index is 4.02. The van der Waals surface area contributed by atoms with Gasteiger partial charge in [0.25, 0.3) is 0 Å². The molecule has 0 N–H and O–H groups in total. The molecule has 0 aromatic heterocycles. The smallest absolute Gasteiger partial charge is 0.306 e. The van der Waals surface area contributed by atoms with Crippen molar-refractivity contribution in [1.82, 2.24) is 0 Å². The van der Waals surface area contributed by atoms with Gasteiger partial charge in [-0.1, -0.05) is 220 Å². The molecule has 6 heteroatoms. The molecule has 6 nitrogen and oxygen atoms in total. The first-order chi connectivity index (χ1) is 25.9. The number of carbonyl (C=O) groups excluding carboxylic acids is 3. The van der Waals surface area contributed by atoms with Gasteiger partial charge in [-0.25, -0.2) is 0 Å². The van der Waals surface area contributed by atoms with Crippen molar-refractivity contribution in [3.63, 3.8) is 0 Å². The van der Waals surface area contributed by atoms with E-state index in [1.807, 2.05) is 0 Å². The van der Waals surface area contributed by atoms with Crippen LogP contribution in [0.4, 0.5) is 0 Å². The van der Waals surface area contributed by atoms with E-state index in [1.54, 1.807) is 0 Å². The van der Waals surface area contributed by atoms with Crippen LogP contribution in [-0.4, -0.2) is 37.2 Å². The minimum absolute atomic E-state index is 0.0647. The van der Waals surface area contributed by atoms with E-state index in [2.05, 4.69) is 27.7 Å². The molecule has 0 heterocycles. The normalized spacial score (nSPS) is 11.9. The van der Waals surface area contributed by atoms with Gasteiger partial charge < -0.3 is 14.2 Å². The summed E-state index contributed by atoms with van der Waals surface area (Å²) in [6, 6.07) is 0. The van der Waals surface area contributed by atoms with Crippen LogP contribution in [0.1, 0.15) is 259 Å². The molecular formula is C47H90O6. The van der Waals surface area contributed by atoms with Crippen LogP contribution in [-0.2, 0) is 28.6 Å². The monoisotopic (exact) mass is 751 g/mol. The predicted molar refractivity (Wildman–Crippen MR) is 224 cm³/mol. The second-order valence-electron chi connectivity index (χ2n) is 16.5. The third kappa shape index (κ3) is 41.4. The molecule has 0 rings (SSSR count). The Morgan fingerprint density at radius 2 is 0.623 bits per heavy atom. The maximum Gasteiger partial charge on any atom is 0.306 e. The van der Waals surface area contributed by atoms with Gasteiger partial charge in [-0.2, -0.15) is 0 Å². The molecule has 0 fully saturated rings. The predicted octanol–water partition coefficient (Wildman–Crippen LogP) is 14.7. The average molecular weight is 751 g/mol. The summed E-state index contributed by atoms with van der Waals surface area (Å²) in [6.07, 6.45) is 41.3. The van der Waals surface area contributed by atoms with E-state index in [-0.39, 0.29) is 31.1 Å². The maximum absolute atomic E-state index is 12.6. The Hall–Kier alpha value is -1.59. The molecule has 0 amide bonds. The summed E-state index contributed by atoms with van der Waals surface area (Å²) >= 11 is 0. The van der Waals surface area contributed by atoms with Crippen molar-refractivity contribution < 1.29 is 28.6 Å². The number of rotatable bonds is 42. The zero-order chi connectivity index (χ0) is 38.9. The Labute approximate surface area is 329 Å². The summed E-state index contributed by atoms with van der Waals surface area (Å²) in [7, 11) is 0. The number of hydrogen-bond donors (Lipinski definition) is 0. The third-order valence-electron chi connectivity index (χ3n) is 10.5. The molecule has 0 unspecified atom stereocenters. The SMILES string of the molecule is CCCCCCCCCCCC(=O)O[C@@H](COC(=O)CCCCCCC)COC(=O)CCCCCCCCCCCCCCCCCCCCC(C)C. The van der Waals surface area contributed by atoms with Gasteiger partial charge in [0.1, 0.15) is 13.2 Å². The molecule has 0 saturated heterocycles. The lowest BCUT2D eigenvalue weighted by Gasteiger charge is -2.18. The highest BCUT2D eigenvalue weighted by Gasteiger charge is 2.19. The van der Waals surface area contributed by atoms with Gasteiger partial charge in [0, 0.05) is 19.3 Å². The van der Waals surface area contributed by atoms with Crippen molar-refractivity contribution in [1.29, 1.82) is 0 Å². The van der Waals surface area contributed by atoms with Gasteiger partial charge in [0.2, 0.25) is 0 Å². The lowest BCUT2D eigenvalue weighted by molar-refractivity contribution is -0.167. The maximum atomic E-state index is 12.6. The zero-order valence-corrected chi connectivity index (χ0v) is 36.0. The van der Waals surface area contributed by atoms with Crippen molar-refractivity contribution in [2.75, 3.05) is 13.2 Å². The van der Waals surface area contributed by atoms with Gasteiger partial charge in [0.15, 0.2) is 6.10 Å². The van der Waals surface area contributed by atoms with Crippen molar-refractivity contribution in [2.24, 2.45) is 5.92 Å². The highest BCUT2D eigenvalue weighted by molar-refractivity contribution is 5.71. The summed E-state index contributed by atoms with van der Waals surface area (Å²) in [5.41, 5.74) is 0. The first kappa shape index (κ1) is 51.4. The molecule has 53 heavy (non-hydrogen) atoms. The van der Waals surface area contributed by atoms with Crippen LogP contribution in [0.25, 0.3) is 0 Å². The summed E-state index contributed by atoms with van der Waals surface area (Å²) < 4.78 is 16.6. The van der Waals surface area contributed by atoms with Crippen LogP contribution < -0.4 is 0 Å². The van der Waals surface area contributed by atoms with Gasteiger partial charge in [-0.05, 0) is 25.2 Å². The van der Waals surface area contributed by atoms with Gasteiger partial charge in [0.05, 0.1) is 0 Å². The minimum Gasteiger partial charge on any atom is -0.462 e. The van der Waals surface area contributed by atoms with E-state index in [4.69, 9.17) is 14.2 Å². The molecule has 0 aromatic rings. The minimum atomic E-state index is -0.756. The van der Waals surface area contributed by atoms with Crippen LogP contribution in [0.15, 0.2) is 0 Å². The van der Waals surface area contributed by atoms with Crippen LogP contribution in [0.5, 0.6) is 0 Å². The van der Waals surface area contributed by atoms with Crippen LogP contribution in [0, 0.1) is 5.92 Å². The molecule has 0 aliphatic rings. The Kier molecular flexibility index (Phi) is 40.3. The first-order valence-corrected chi connectivity index (χ1v) is 23.4. The van der Waals surface area contributed by atoms with E-state index in [1.165, 1.54) is 148 Å². The van der Waals surface area contributed by atoms with Gasteiger partial charge >= 0.3 is 17.9 Å². The van der Waals surface area contributed by atoms with E-state index < -0.39 is 6.10 Å². The number of hydrogen-bond acceptors (Lipinski definition) is 6. The van der Waals surface area contributed by atoms with Gasteiger partial charge in [-0.3, -0.25) is 14.4 Å². The van der Waals surface area contributed by atoms with Crippen molar-refractivity contribution in [3.8, 4) is 0 Å². The molecule has 0 saturated carbocycles. The lowest BCUT2D eigenvalue weighted by atomic mass is 10.0. The third-order valence-corrected chi connectivity index (χ3v) is 10.5. The summed E-state index contributed by atoms with van der Waals surface area (Å²) in [4.78, 5) is 37.4. The molecule has 0 bridgehead atoms. The topological polar surface area (TPSA) is 78.9 Å². The molecule has 0 aromatic carbocycles. The first-order valence-electron chi connectivity index (χ1n) is 23.4. The average Bonchev–Trinajstić information content (AvgIpc) is 3.14. The zero-order valence-electron chi connectivity index (χ0n) is 36.0. The summed E-state index contributed by atoms with van der Waals surface area (Å²) in [5.74, 6) is -0.0110. The Morgan fingerprint density at radius 1 is 0.358 bits per heavy atom. The quantitative estimate of drug-likeness (QED) is 0.0351. The van der Waals surface area contributed by atoms with E-state index in [9.17, 15) is 14.4 Å². The second-order valence-corrected chi connectivity index (χ2v) is 16.5. The van der Waals surface area contributed by atoms with Crippen LogP contribution in [0.3, 0.4) is 0 Å². The molecule has 0 radical (unpaired) electrons. The highest BCUT2D eigenvalue weighted by atomic mass is 16.6.